The van der Waals surface area contributed by atoms with E-state index in [9.17, 15) is 20.1 Å². The molecule has 0 aliphatic heterocycles. The highest BCUT2D eigenvalue weighted by atomic mass is 16.4. The summed E-state index contributed by atoms with van der Waals surface area (Å²) in [5.74, 6) is -0.985. The van der Waals surface area contributed by atoms with Crippen LogP contribution < -0.4 is 0 Å². The second-order valence-corrected chi connectivity index (χ2v) is 7.56. The van der Waals surface area contributed by atoms with Crippen molar-refractivity contribution in [1.29, 1.82) is 0 Å². The molecule has 0 spiro atoms. The fraction of sp³-hybridized carbons (Fsp3) is 0.667. The molecular formula is C21H34O5. The van der Waals surface area contributed by atoms with E-state index in [1.165, 1.54) is 0 Å². The van der Waals surface area contributed by atoms with Crippen molar-refractivity contribution in [3.8, 4) is 0 Å². The van der Waals surface area contributed by atoms with Gasteiger partial charge in [0.25, 0.3) is 0 Å². The number of hydrogen-bond acceptors (Lipinski definition) is 4. The molecule has 0 bridgehead atoms. The number of allylic oxidation sites excluding steroid dienone is 3. The van der Waals surface area contributed by atoms with E-state index >= 15 is 0 Å². The Morgan fingerprint density at radius 2 is 1.92 bits per heavy atom. The van der Waals surface area contributed by atoms with Crippen LogP contribution in [0, 0.1) is 11.8 Å². The summed E-state index contributed by atoms with van der Waals surface area (Å²) in [6.45, 7) is 5.46. The first-order valence-electron chi connectivity index (χ1n) is 9.49. The van der Waals surface area contributed by atoms with Gasteiger partial charge in [0.15, 0.2) is 0 Å². The van der Waals surface area contributed by atoms with E-state index in [4.69, 9.17) is 5.11 Å². The summed E-state index contributed by atoms with van der Waals surface area (Å²) in [4.78, 5) is 10.5. The van der Waals surface area contributed by atoms with Crippen LogP contribution in [0.1, 0.15) is 58.3 Å². The Hall–Kier alpha value is -1.43. The van der Waals surface area contributed by atoms with Gasteiger partial charge < -0.3 is 20.4 Å². The lowest BCUT2D eigenvalue weighted by Gasteiger charge is -2.22. The Bertz CT molecular complexity index is 495. The molecule has 1 saturated carbocycles. The maximum Gasteiger partial charge on any atom is 0.303 e. The molecule has 1 rings (SSSR count). The van der Waals surface area contributed by atoms with Crippen LogP contribution in [0.25, 0.3) is 0 Å². The molecule has 1 unspecified atom stereocenters. The first-order chi connectivity index (χ1) is 12.3. The quantitative estimate of drug-likeness (QED) is 0.314. The predicted molar refractivity (Wildman–Crippen MR) is 103 cm³/mol. The van der Waals surface area contributed by atoms with E-state index in [2.05, 4.69) is 6.58 Å². The van der Waals surface area contributed by atoms with Gasteiger partial charge in [0.2, 0.25) is 0 Å². The molecule has 1 fully saturated rings. The molecule has 0 amide bonds. The van der Waals surface area contributed by atoms with Crippen LogP contribution in [0.3, 0.4) is 0 Å². The third-order valence-electron chi connectivity index (χ3n) is 5.06. The topological polar surface area (TPSA) is 98.0 Å². The lowest BCUT2D eigenvalue weighted by atomic mass is 9.88. The van der Waals surface area contributed by atoms with Crippen molar-refractivity contribution in [2.45, 2.75) is 76.1 Å². The number of aliphatic carboxylic acids is 1. The average molecular weight is 366 g/mol. The Morgan fingerprint density at radius 3 is 2.58 bits per heavy atom. The Balaban J connectivity index is 2.53. The number of aliphatic hydroxyl groups excluding tert-OH is 2. The highest BCUT2D eigenvalue weighted by Gasteiger charge is 2.39. The van der Waals surface area contributed by atoms with Crippen LogP contribution in [0.5, 0.6) is 0 Å². The molecule has 0 saturated heterocycles. The second-order valence-electron chi connectivity index (χ2n) is 7.56. The summed E-state index contributed by atoms with van der Waals surface area (Å²) >= 11 is 0. The van der Waals surface area contributed by atoms with Crippen molar-refractivity contribution in [3.05, 3.63) is 37.0 Å². The van der Waals surface area contributed by atoms with Crippen molar-refractivity contribution in [1.82, 2.24) is 0 Å². The summed E-state index contributed by atoms with van der Waals surface area (Å²) < 4.78 is 0. The molecule has 0 heterocycles. The number of carbonyl (C=O) groups is 1. The molecule has 5 nitrogen and oxygen atoms in total. The van der Waals surface area contributed by atoms with Crippen molar-refractivity contribution >= 4 is 5.97 Å². The lowest BCUT2D eigenvalue weighted by Crippen LogP contribution is -2.23. The molecule has 0 aromatic rings. The van der Waals surface area contributed by atoms with Crippen LogP contribution >= 0.6 is 0 Å². The molecule has 1 aliphatic rings. The lowest BCUT2D eigenvalue weighted by molar-refractivity contribution is -0.137. The van der Waals surface area contributed by atoms with Gasteiger partial charge in [0.05, 0.1) is 17.8 Å². The van der Waals surface area contributed by atoms with E-state index in [0.29, 0.717) is 38.5 Å². The SMILES string of the molecule is C=CCCC(C)(O)C/C=C/[C@@H]1[C@@H](C/C=C\CCCC(=O)O)[C@H](O)C[C@H]1O. The van der Waals surface area contributed by atoms with Gasteiger partial charge in [0.1, 0.15) is 0 Å². The van der Waals surface area contributed by atoms with Crippen LogP contribution in [0.2, 0.25) is 0 Å². The average Bonchev–Trinajstić information content (AvgIpc) is 2.82. The van der Waals surface area contributed by atoms with Gasteiger partial charge in [0, 0.05) is 18.8 Å². The van der Waals surface area contributed by atoms with E-state index in [0.717, 1.165) is 6.42 Å². The number of unbranched alkanes of at least 4 members (excludes halogenated alkanes) is 1. The number of hydrogen-bond donors (Lipinski definition) is 4. The molecule has 0 radical (unpaired) electrons. The van der Waals surface area contributed by atoms with E-state index in [1.54, 1.807) is 13.0 Å². The van der Waals surface area contributed by atoms with E-state index in [-0.39, 0.29) is 18.3 Å². The van der Waals surface area contributed by atoms with Gasteiger partial charge >= 0.3 is 5.97 Å². The Morgan fingerprint density at radius 1 is 1.19 bits per heavy atom. The van der Waals surface area contributed by atoms with Gasteiger partial charge in [-0.2, -0.15) is 0 Å². The smallest absolute Gasteiger partial charge is 0.303 e. The van der Waals surface area contributed by atoms with Crippen LogP contribution in [0.4, 0.5) is 0 Å². The Kier molecular flexibility index (Phi) is 9.84. The molecule has 26 heavy (non-hydrogen) atoms. The normalized spacial score (nSPS) is 28.6. The van der Waals surface area contributed by atoms with Crippen molar-refractivity contribution in [2.75, 3.05) is 0 Å². The minimum absolute atomic E-state index is 0.0601. The van der Waals surface area contributed by atoms with Gasteiger partial charge in [-0.15, -0.1) is 6.58 Å². The van der Waals surface area contributed by atoms with Crippen LogP contribution in [-0.2, 0) is 4.79 Å². The standard InChI is InChI=1S/C21H34O5/c1-3-4-13-21(2,26)14-9-11-17-16(18(22)15-19(17)23)10-7-5-6-8-12-20(24)25/h3,5,7,9,11,16-19,22-23,26H,1,4,6,8,10,12-15H2,2H3,(H,24,25)/b7-5-,11-9+/t16-,17-,18-,19-,21?/m1/s1. The zero-order chi connectivity index (χ0) is 19.6. The zero-order valence-electron chi connectivity index (χ0n) is 15.8. The summed E-state index contributed by atoms with van der Waals surface area (Å²) in [5, 5.41) is 39.4. The molecule has 5 heteroatoms. The van der Waals surface area contributed by atoms with Crippen LogP contribution in [-0.4, -0.2) is 44.2 Å². The molecule has 148 valence electrons. The third-order valence-corrected chi connectivity index (χ3v) is 5.06. The number of rotatable bonds is 12. The monoisotopic (exact) mass is 366 g/mol. The molecule has 0 aromatic heterocycles. The molecular weight excluding hydrogens is 332 g/mol. The summed E-state index contributed by atoms with van der Waals surface area (Å²) in [6, 6.07) is 0. The summed E-state index contributed by atoms with van der Waals surface area (Å²) in [5.41, 5.74) is -0.799. The van der Waals surface area contributed by atoms with Gasteiger partial charge in [-0.1, -0.05) is 30.4 Å². The second kappa shape index (κ2) is 11.3. The fourth-order valence-electron chi connectivity index (χ4n) is 3.44. The minimum Gasteiger partial charge on any atom is -0.481 e. The Labute approximate surface area is 156 Å². The number of carboxylic acids is 1. The maximum absolute atomic E-state index is 10.5. The maximum atomic E-state index is 10.5. The molecule has 4 N–H and O–H groups in total. The first kappa shape index (κ1) is 22.6. The largest absolute Gasteiger partial charge is 0.481 e. The van der Waals surface area contributed by atoms with Crippen LogP contribution in [0.15, 0.2) is 37.0 Å². The predicted octanol–water partition coefficient (Wildman–Crippen LogP) is 3.21. The van der Waals surface area contributed by atoms with E-state index in [1.807, 2.05) is 24.3 Å². The van der Waals surface area contributed by atoms with Gasteiger partial charge in [-0.3, -0.25) is 4.79 Å². The molecule has 0 aromatic carbocycles. The van der Waals surface area contributed by atoms with Crippen molar-refractivity contribution in [2.24, 2.45) is 11.8 Å². The number of aliphatic hydroxyl groups is 3. The zero-order valence-corrected chi connectivity index (χ0v) is 15.8. The highest BCUT2D eigenvalue weighted by Crippen LogP contribution is 2.36. The molecule has 1 aliphatic carbocycles. The molecule has 5 atom stereocenters. The highest BCUT2D eigenvalue weighted by molar-refractivity contribution is 5.66. The van der Waals surface area contributed by atoms with Crippen molar-refractivity contribution < 1.29 is 25.2 Å². The van der Waals surface area contributed by atoms with Crippen molar-refractivity contribution in [3.63, 3.8) is 0 Å². The summed E-state index contributed by atoms with van der Waals surface area (Å²) in [6.07, 6.45) is 12.7. The summed E-state index contributed by atoms with van der Waals surface area (Å²) in [7, 11) is 0. The third kappa shape index (κ3) is 8.30. The number of carboxylic acid groups (broad SMARTS) is 1. The first-order valence-corrected chi connectivity index (χ1v) is 9.49. The van der Waals surface area contributed by atoms with Gasteiger partial charge in [-0.25, -0.2) is 0 Å². The van der Waals surface area contributed by atoms with Gasteiger partial charge in [-0.05, 0) is 51.4 Å². The fourth-order valence-corrected chi connectivity index (χ4v) is 3.44. The minimum atomic E-state index is -0.799. The van der Waals surface area contributed by atoms with E-state index < -0.39 is 23.8 Å².